The lowest BCUT2D eigenvalue weighted by Crippen LogP contribution is -2.19. The molecule has 1 amide bonds. The average Bonchev–Trinajstić information content (AvgIpc) is 2.58. The molecule has 17 heavy (non-hydrogen) atoms. The Labute approximate surface area is 101 Å². The highest BCUT2D eigenvalue weighted by atomic mass is 16.7. The Morgan fingerprint density at radius 3 is 2.65 bits per heavy atom. The molecule has 1 aromatic rings. The molecular weight excluding hydrogens is 218 g/mol. The van der Waals surface area contributed by atoms with Gasteiger partial charge in [-0.25, -0.2) is 0 Å². The Kier molecular flexibility index (Phi) is 2.93. The number of rotatable bonds is 2. The maximum Gasteiger partial charge on any atom is 0.248 e. The second kappa shape index (κ2) is 4.13. The largest absolute Gasteiger partial charge is 0.366 e. The third-order valence-corrected chi connectivity index (χ3v) is 2.90. The van der Waals surface area contributed by atoms with Crippen LogP contribution in [0.25, 0.3) is 0 Å². The molecule has 2 rings (SSSR count). The van der Waals surface area contributed by atoms with Gasteiger partial charge in [0.05, 0.1) is 6.61 Å². The van der Waals surface area contributed by atoms with Gasteiger partial charge in [0.15, 0.2) is 5.79 Å². The number of nitrogens with two attached hydrogens (primary N) is 1. The van der Waals surface area contributed by atoms with Crippen LogP contribution in [0.3, 0.4) is 0 Å². The molecule has 0 saturated carbocycles. The van der Waals surface area contributed by atoms with Gasteiger partial charge >= 0.3 is 0 Å². The van der Waals surface area contributed by atoms with Crippen LogP contribution in [0.2, 0.25) is 0 Å². The Balaban J connectivity index is 2.24. The number of ether oxygens (including phenoxy) is 2. The van der Waals surface area contributed by atoms with Crippen LogP contribution in [0.1, 0.15) is 41.4 Å². The minimum absolute atomic E-state index is 0.0781. The molecule has 1 aromatic carbocycles. The SMILES string of the molecule is Cc1cc([C@H]2COC(C)(C)O2)ccc1C(N)=O. The molecule has 1 atom stereocenters. The summed E-state index contributed by atoms with van der Waals surface area (Å²) in [6.07, 6.45) is -0.0781. The highest BCUT2D eigenvalue weighted by Gasteiger charge is 2.33. The van der Waals surface area contributed by atoms with Crippen molar-refractivity contribution < 1.29 is 14.3 Å². The minimum Gasteiger partial charge on any atom is -0.366 e. The fourth-order valence-corrected chi connectivity index (χ4v) is 2.01. The first-order valence-electron chi connectivity index (χ1n) is 5.61. The van der Waals surface area contributed by atoms with Gasteiger partial charge in [-0.15, -0.1) is 0 Å². The fourth-order valence-electron chi connectivity index (χ4n) is 2.01. The molecule has 0 aromatic heterocycles. The summed E-state index contributed by atoms with van der Waals surface area (Å²) < 4.78 is 11.3. The van der Waals surface area contributed by atoms with Crippen molar-refractivity contribution in [3.05, 3.63) is 34.9 Å². The number of carbonyl (C=O) groups excluding carboxylic acids is 1. The molecule has 0 unspecified atom stereocenters. The van der Waals surface area contributed by atoms with Crippen LogP contribution < -0.4 is 5.73 Å². The summed E-state index contributed by atoms with van der Waals surface area (Å²) in [5.41, 5.74) is 7.69. The minimum atomic E-state index is -0.541. The summed E-state index contributed by atoms with van der Waals surface area (Å²) in [6.45, 7) is 6.17. The normalized spacial score (nSPS) is 22.6. The van der Waals surface area contributed by atoms with Crippen molar-refractivity contribution in [3.8, 4) is 0 Å². The predicted octanol–water partition coefficient (Wildman–Crippen LogP) is 1.92. The fraction of sp³-hybridized carbons (Fsp3) is 0.462. The van der Waals surface area contributed by atoms with Crippen LogP contribution >= 0.6 is 0 Å². The first-order chi connectivity index (χ1) is 7.89. The van der Waals surface area contributed by atoms with Crippen LogP contribution in [0.4, 0.5) is 0 Å². The van der Waals surface area contributed by atoms with E-state index in [0.717, 1.165) is 11.1 Å². The van der Waals surface area contributed by atoms with Gasteiger partial charge in [-0.05, 0) is 38.0 Å². The summed E-state index contributed by atoms with van der Waals surface area (Å²) in [7, 11) is 0. The molecule has 4 nitrogen and oxygen atoms in total. The highest BCUT2D eigenvalue weighted by Crippen LogP contribution is 2.33. The molecule has 2 N–H and O–H groups in total. The van der Waals surface area contributed by atoms with Crippen molar-refractivity contribution in [1.29, 1.82) is 0 Å². The van der Waals surface area contributed by atoms with E-state index in [0.29, 0.717) is 12.2 Å². The summed E-state index contributed by atoms with van der Waals surface area (Å²) in [6, 6.07) is 5.53. The van der Waals surface area contributed by atoms with Gasteiger partial charge in [0, 0.05) is 5.56 Å². The van der Waals surface area contributed by atoms with E-state index >= 15 is 0 Å². The van der Waals surface area contributed by atoms with Crippen molar-refractivity contribution in [3.63, 3.8) is 0 Å². The zero-order chi connectivity index (χ0) is 12.6. The van der Waals surface area contributed by atoms with Crippen molar-refractivity contribution >= 4 is 5.91 Å². The lowest BCUT2D eigenvalue weighted by Gasteiger charge is -2.17. The number of hydrogen-bond donors (Lipinski definition) is 1. The highest BCUT2D eigenvalue weighted by molar-refractivity contribution is 5.94. The Morgan fingerprint density at radius 1 is 1.47 bits per heavy atom. The first kappa shape index (κ1) is 12.1. The van der Waals surface area contributed by atoms with Crippen LogP contribution in [-0.2, 0) is 9.47 Å². The standard InChI is InChI=1S/C13H17NO3/c1-8-6-9(4-5-10(8)12(14)15)11-7-16-13(2,3)17-11/h4-6,11H,7H2,1-3H3,(H2,14,15)/t11-/m1/s1. The van der Waals surface area contributed by atoms with Crippen molar-refractivity contribution in [2.45, 2.75) is 32.7 Å². The van der Waals surface area contributed by atoms with Gasteiger partial charge in [0.25, 0.3) is 0 Å². The van der Waals surface area contributed by atoms with E-state index in [1.54, 1.807) is 6.07 Å². The smallest absolute Gasteiger partial charge is 0.248 e. The quantitative estimate of drug-likeness (QED) is 0.851. The second-order valence-corrected chi connectivity index (χ2v) is 4.76. The summed E-state index contributed by atoms with van der Waals surface area (Å²) >= 11 is 0. The van der Waals surface area contributed by atoms with Crippen LogP contribution in [0, 0.1) is 6.92 Å². The second-order valence-electron chi connectivity index (χ2n) is 4.76. The molecular formula is C13H17NO3. The van der Waals surface area contributed by atoms with E-state index in [4.69, 9.17) is 15.2 Å². The van der Waals surface area contributed by atoms with Crippen molar-refractivity contribution in [1.82, 2.24) is 0 Å². The molecule has 4 heteroatoms. The maximum absolute atomic E-state index is 11.1. The van der Waals surface area contributed by atoms with Gasteiger partial charge in [-0.3, -0.25) is 4.79 Å². The molecule has 0 aliphatic carbocycles. The number of primary amides is 1. The number of amides is 1. The third-order valence-electron chi connectivity index (χ3n) is 2.90. The van der Waals surface area contributed by atoms with Gasteiger partial charge in [-0.2, -0.15) is 0 Å². The van der Waals surface area contributed by atoms with Crippen LogP contribution in [0.5, 0.6) is 0 Å². The zero-order valence-corrected chi connectivity index (χ0v) is 10.3. The van der Waals surface area contributed by atoms with E-state index in [1.165, 1.54) is 0 Å². The first-order valence-corrected chi connectivity index (χ1v) is 5.61. The molecule has 1 aliphatic rings. The molecule has 92 valence electrons. The van der Waals surface area contributed by atoms with Gasteiger partial charge in [0.2, 0.25) is 5.91 Å². The Hall–Kier alpha value is -1.39. The van der Waals surface area contributed by atoms with Crippen LogP contribution in [0.15, 0.2) is 18.2 Å². The Bertz CT molecular complexity index is 454. The monoisotopic (exact) mass is 235 g/mol. The topological polar surface area (TPSA) is 61.6 Å². The molecule has 0 spiro atoms. The maximum atomic E-state index is 11.1. The summed E-state index contributed by atoms with van der Waals surface area (Å²) in [5.74, 6) is -0.945. The van der Waals surface area contributed by atoms with E-state index in [-0.39, 0.29) is 6.10 Å². The van der Waals surface area contributed by atoms with Gasteiger partial charge in [0.1, 0.15) is 6.10 Å². The van der Waals surface area contributed by atoms with E-state index in [9.17, 15) is 4.79 Å². The van der Waals surface area contributed by atoms with Gasteiger partial charge in [-0.1, -0.05) is 12.1 Å². The number of benzene rings is 1. The van der Waals surface area contributed by atoms with E-state index in [2.05, 4.69) is 0 Å². The summed E-state index contributed by atoms with van der Waals surface area (Å²) in [5, 5.41) is 0. The van der Waals surface area contributed by atoms with Crippen molar-refractivity contribution in [2.75, 3.05) is 6.61 Å². The van der Waals surface area contributed by atoms with Crippen LogP contribution in [-0.4, -0.2) is 18.3 Å². The molecule has 1 saturated heterocycles. The predicted molar refractivity (Wildman–Crippen MR) is 63.6 cm³/mol. The summed E-state index contributed by atoms with van der Waals surface area (Å²) in [4.78, 5) is 11.1. The number of aryl methyl sites for hydroxylation is 1. The Morgan fingerprint density at radius 2 is 2.18 bits per heavy atom. The lowest BCUT2D eigenvalue weighted by molar-refractivity contribution is -0.139. The molecule has 1 fully saturated rings. The molecule has 1 aliphatic heterocycles. The average molecular weight is 235 g/mol. The van der Waals surface area contributed by atoms with Crippen molar-refractivity contribution in [2.24, 2.45) is 5.73 Å². The lowest BCUT2D eigenvalue weighted by atomic mass is 10.0. The van der Waals surface area contributed by atoms with Gasteiger partial charge < -0.3 is 15.2 Å². The van der Waals surface area contributed by atoms with E-state index in [1.807, 2.05) is 32.9 Å². The van der Waals surface area contributed by atoms with E-state index < -0.39 is 11.7 Å². The molecule has 0 radical (unpaired) electrons. The third kappa shape index (κ3) is 2.48. The molecule has 1 heterocycles. The zero-order valence-electron chi connectivity index (χ0n) is 10.3. The number of hydrogen-bond acceptors (Lipinski definition) is 3. The molecule has 0 bridgehead atoms. The number of carbonyl (C=O) groups is 1.